The second-order valence-electron chi connectivity index (χ2n) is 3.56. The molecule has 2 rings (SSSR count). The van der Waals surface area contributed by atoms with E-state index in [1.54, 1.807) is 18.0 Å². The number of rotatable bonds is 5. The van der Waals surface area contributed by atoms with E-state index in [0.29, 0.717) is 11.6 Å². The maximum absolute atomic E-state index is 5.35. The quantitative estimate of drug-likeness (QED) is 0.525. The van der Waals surface area contributed by atoms with E-state index in [9.17, 15) is 0 Å². The number of nitrogens with zero attached hydrogens (tertiary/aromatic N) is 4. The van der Waals surface area contributed by atoms with Gasteiger partial charge in [0.25, 0.3) is 0 Å². The molecule has 0 aliphatic carbocycles. The van der Waals surface area contributed by atoms with Crippen LogP contribution in [0.5, 0.6) is 0 Å². The number of fused-ring (bicyclic) bond motifs is 1. The van der Waals surface area contributed by atoms with Gasteiger partial charge in [0.2, 0.25) is 5.95 Å². The van der Waals surface area contributed by atoms with Crippen molar-refractivity contribution in [3.05, 3.63) is 6.20 Å². The largest absolute Gasteiger partial charge is 0.358 e. The predicted molar refractivity (Wildman–Crippen MR) is 71.1 cm³/mol. The van der Waals surface area contributed by atoms with Crippen LogP contribution in [-0.4, -0.2) is 45.8 Å². The van der Waals surface area contributed by atoms with Gasteiger partial charge in [0.15, 0.2) is 5.65 Å². The van der Waals surface area contributed by atoms with Crippen molar-refractivity contribution >= 4 is 34.6 Å². The molecular weight excluding hydrogens is 238 g/mol. The Kier molecular flexibility index (Phi) is 3.64. The van der Waals surface area contributed by atoms with Crippen molar-refractivity contribution < 1.29 is 0 Å². The number of aromatic nitrogens is 4. The number of nitrogens with one attached hydrogen (secondary N) is 2. The van der Waals surface area contributed by atoms with E-state index in [-0.39, 0.29) is 0 Å². The molecule has 2 heterocycles. The van der Waals surface area contributed by atoms with Crippen LogP contribution in [0.3, 0.4) is 0 Å². The first-order valence-corrected chi connectivity index (χ1v) is 6.53. The minimum absolute atomic E-state index is 0.382. The molecule has 17 heavy (non-hydrogen) atoms. The standard InChI is InChI=1S/C9H15N7S/c1-16(3-4-17-2)8-6-5-11-15-7(6)12-9(13-8)14-10/h5H,3-4,10H2,1-2H3,(H2,11,12,13,14,15). The van der Waals surface area contributed by atoms with Crippen molar-refractivity contribution in [3.63, 3.8) is 0 Å². The van der Waals surface area contributed by atoms with Crippen molar-refractivity contribution in [3.8, 4) is 0 Å². The minimum Gasteiger partial charge on any atom is -0.358 e. The zero-order valence-corrected chi connectivity index (χ0v) is 10.6. The highest BCUT2D eigenvalue weighted by Crippen LogP contribution is 2.22. The molecule has 0 radical (unpaired) electrons. The molecule has 7 nitrogen and oxygen atoms in total. The van der Waals surface area contributed by atoms with Crippen molar-refractivity contribution in [2.24, 2.45) is 5.84 Å². The highest BCUT2D eigenvalue weighted by molar-refractivity contribution is 7.98. The average molecular weight is 253 g/mol. The number of aromatic amines is 1. The van der Waals surface area contributed by atoms with Crippen LogP contribution in [0, 0.1) is 0 Å². The van der Waals surface area contributed by atoms with Gasteiger partial charge in [-0.05, 0) is 6.26 Å². The predicted octanol–water partition coefficient (Wildman–Crippen LogP) is 0.438. The summed E-state index contributed by atoms with van der Waals surface area (Å²) < 4.78 is 0. The lowest BCUT2D eigenvalue weighted by molar-refractivity contribution is 0.947. The van der Waals surface area contributed by atoms with Crippen molar-refractivity contribution in [1.82, 2.24) is 20.2 Å². The third-order valence-corrected chi connectivity index (χ3v) is 3.00. The molecule has 0 atom stereocenters. The second-order valence-corrected chi connectivity index (χ2v) is 4.55. The summed E-state index contributed by atoms with van der Waals surface area (Å²) in [5.41, 5.74) is 3.14. The van der Waals surface area contributed by atoms with Gasteiger partial charge in [-0.3, -0.25) is 10.5 Å². The molecule has 0 aromatic carbocycles. The normalized spacial score (nSPS) is 10.8. The smallest absolute Gasteiger partial charge is 0.241 e. The fraction of sp³-hybridized carbons (Fsp3) is 0.444. The summed E-state index contributed by atoms with van der Waals surface area (Å²) in [5.74, 6) is 7.59. The molecule has 2 aromatic rings. The SMILES string of the molecule is CSCCN(C)c1nc(NN)nc2[nH]ncc12. The van der Waals surface area contributed by atoms with Gasteiger partial charge in [-0.25, -0.2) is 5.84 Å². The van der Waals surface area contributed by atoms with E-state index >= 15 is 0 Å². The summed E-state index contributed by atoms with van der Waals surface area (Å²) in [4.78, 5) is 10.6. The molecule has 0 fully saturated rings. The van der Waals surface area contributed by atoms with Gasteiger partial charge in [0.05, 0.1) is 11.6 Å². The number of H-pyrrole nitrogens is 1. The first-order chi connectivity index (χ1) is 8.26. The van der Waals surface area contributed by atoms with E-state index < -0.39 is 0 Å². The number of hydrogen-bond acceptors (Lipinski definition) is 7. The Balaban J connectivity index is 2.39. The van der Waals surface area contributed by atoms with Crippen LogP contribution >= 0.6 is 11.8 Å². The molecule has 0 unspecified atom stereocenters. The third kappa shape index (κ3) is 2.42. The van der Waals surface area contributed by atoms with E-state index in [2.05, 4.69) is 36.7 Å². The lowest BCUT2D eigenvalue weighted by atomic mass is 10.3. The Labute approximate surface area is 103 Å². The summed E-state index contributed by atoms with van der Waals surface area (Å²) in [6.45, 7) is 0.905. The monoisotopic (exact) mass is 253 g/mol. The maximum Gasteiger partial charge on any atom is 0.241 e. The van der Waals surface area contributed by atoms with E-state index in [1.165, 1.54) is 0 Å². The average Bonchev–Trinajstić information content (AvgIpc) is 2.82. The summed E-state index contributed by atoms with van der Waals surface area (Å²) in [6, 6.07) is 0. The summed E-state index contributed by atoms with van der Waals surface area (Å²) >= 11 is 1.79. The molecule has 0 saturated carbocycles. The number of nitrogens with two attached hydrogens (primary N) is 1. The first kappa shape index (κ1) is 11.9. The van der Waals surface area contributed by atoms with Crippen LogP contribution in [0.1, 0.15) is 0 Å². The topological polar surface area (TPSA) is 95.8 Å². The van der Waals surface area contributed by atoms with Crippen LogP contribution in [0.2, 0.25) is 0 Å². The molecule has 4 N–H and O–H groups in total. The van der Waals surface area contributed by atoms with Gasteiger partial charge < -0.3 is 4.90 Å². The summed E-state index contributed by atoms with van der Waals surface area (Å²) in [7, 11) is 1.99. The van der Waals surface area contributed by atoms with Crippen molar-refractivity contribution in [2.75, 3.05) is 35.9 Å². The lowest BCUT2D eigenvalue weighted by Gasteiger charge is -2.18. The summed E-state index contributed by atoms with van der Waals surface area (Å²) in [5, 5.41) is 7.69. The molecule has 92 valence electrons. The Morgan fingerprint density at radius 3 is 3.06 bits per heavy atom. The van der Waals surface area contributed by atoms with Crippen LogP contribution in [-0.2, 0) is 0 Å². The fourth-order valence-corrected chi connectivity index (χ4v) is 1.97. The Bertz CT molecular complexity index is 497. The molecule has 0 amide bonds. The molecule has 8 heteroatoms. The second kappa shape index (κ2) is 5.19. The Morgan fingerprint density at radius 2 is 2.35 bits per heavy atom. The van der Waals surface area contributed by atoms with E-state index in [0.717, 1.165) is 23.5 Å². The zero-order valence-electron chi connectivity index (χ0n) is 9.77. The number of thioether (sulfide) groups is 1. The Morgan fingerprint density at radius 1 is 1.53 bits per heavy atom. The van der Waals surface area contributed by atoms with Gasteiger partial charge in [0.1, 0.15) is 5.82 Å². The Hall–Kier alpha value is -1.54. The number of nitrogen functional groups attached to an aromatic ring is 1. The molecular formula is C9H15N7S. The fourth-order valence-electron chi connectivity index (χ4n) is 1.51. The third-order valence-electron chi connectivity index (χ3n) is 2.41. The zero-order chi connectivity index (χ0) is 12.3. The van der Waals surface area contributed by atoms with Crippen LogP contribution < -0.4 is 16.2 Å². The molecule has 0 aliphatic rings. The van der Waals surface area contributed by atoms with Gasteiger partial charge in [0, 0.05) is 19.3 Å². The highest BCUT2D eigenvalue weighted by Gasteiger charge is 2.12. The molecule has 0 aliphatic heterocycles. The number of anilines is 2. The first-order valence-electron chi connectivity index (χ1n) is 5.14. The van der Waals surface area contributed by atoms with E-state index in [4.69, 9.17) is 5.84 Å². The number of hydrazine groups is 1. The highest BCUT2D eigenvalue weighted by atomic mass is 32.2. The van der Waals surface area contributed by atoms with Crippen molar-refractivity contribution in [2.45, 2.75) is 0 Å². The minimum atomic E-state index is 0.382. The van der Waals surface area contributed by atoms with Crippen LogP contribution in [0.25, 0.3) is 11.0 Å². The molecule has 0 bridgehead atoms. The van der Waals surface area contributed by atoms with E-state index in [1.807, 2.05) is 7.05 Å². The summed E-state index contributed by atoms with van der Waals surface area (Å²) in [6.07, 6.45) is 3.80. The molecule has 0 spiro atoms. The maximum atomic E-state index is 5.35. The van der Waals surface area contributed by atoms with Gasteiger partial charge in [-0.1, -0.05) is 0 Å². The number of hydrogen-bond donors (Lipinski definition) is 3. The van der Waals surface area contributed by atoms with Gasteiger partial charge in [-0.15, -0.1) is 0 Å². The van der Waals surface area contributed by atoms with Crippen LogP contribution in [0.4, 0.5) is 11.8 Å². The molecule has 2 aromatic heterocycles. The van der Waals surface area contributed by atoms with Gasteiger partial charge >= 0.3 is 0 Å². The van der Waals surface area contributed by atoms with Crippen molar-refractivity contribution in [1.29, 1.82) is 0 Å². The van der Waals surface area contributed by atoms with Gasteiger partial charge in [-0.2, -0.15) is 26.8 Å². The molecule has 0 saturated heterocycles. The lowest BCUT2D eigenvalue weighted by Crippen LogP contribution is -2.22. The van der Waals surface area contributed by atoms with Crippen LogP contribution in [0.15, 0.2) is 6.20 Å².